The van der Waals surface area contributed by atoms with Gasteiger partial charge in [0.25, 0.3) is 0 Å². The van der Waals surface area contributed by atoms with E-state index in [9.17, 15) is 0 Å². The third-order valence-electron chi connectivity index (χ3n) is 2.78. The van der Waals surface area contributed by atoms with E-state index in [1.54, 1.807) is 0 Å². The quantitative estimate of drug-likeness (QED) is 0.726. The largest absolute Gasteiger partial charge is 0.370 e. The highest BCUT2D eigenvalue weighted by atomic mass is 15.2. The maximum absolute atomic E-state index is 5.89. The molecule has 2 N–H and O–H groups in total. The molecule has 0 saturated carbocycles. The van der Waals surface area contributed by atoms with Crippen molar-refractivity contribution in [3.8, 4) is 0 Å². The summed E-state index contributed by atoms with van der Waals surface area (Å²) in [4.78, 5) is 6.63. The van der Waals surface area contributed by atoms with Crippen LogP contribution in [-0.4, -0.2) is 24.1 Å². The molecule has 1 aromatic heterocycles. The van der Waals surface area contributed by atoms with Crippen LogP contribution < -0.4 is 10.6 Å². The van der Waals surface area contributed by atoms with Gasteiger partial charge in [-0.2, -0.15) is 0 Å². The van der Waals surface area contributed by atoms with Crippen LogP contribution in [0, 0.1) is 13.8 Å². The van der Waals surface area contributed by atoms with Crippen molar-refractivity contribution in [1.29, 1.82) is 0 Å². The fourth-order valence-corrected chi connectivity index (χ4v) is 1.96. The van der Waals surface area contributed by atoms with E-state index in [-0.39, 0.29) is 0 Å². The summed E-state index contributed by atoms with van der Waals surface area (Å²) < 4.78 is 0. The Hall–Kier alpha value is -1.09. The number of hydrogen-bond donors (Lipinski definition) is 1. The number of nitrogens with zero attached hydrogens (tertiary/aromatic N) is 2. The smallest absolute Gasteiger partial charge is 0.0430 e. The molecule has 76 valence electrons. The van der Waals surface area contributed by atoms with Crippen LogP contribution in [0.3, 0.4) is 0 Å². The zero-order valence-corrected chi connectivity index (χ0v) is 8.83. The number of rotatable bonds is 1. The van der Waals surface area contributed by atoms with Crippen molar-refractivity contribution in [2.75, 3.05) is 18.0 Å². The van der Waals surface area contributed by atoms with Gasteiger partial charge in [-0.25, -0.2) is 0 Å². The Balaban J connectivity index is 2.27. The summed E-state index contributed by atoms with van der Waals surface area (Å²) in [5, 5.41) is 0. The van der Waals surface area contributed by atoms with E-state index in [1.165, 1.54) is 11.3 Å². The van der Waals surface area contributed by atoms with E-state index < -0.39 is 0 Å². The molecule has 0 aliphatic carbocycles. The molecule has 14 heavy (non-hydrogen) atoms. The van der Waals surface area contributed by atoms with E-state index in [0.717, 1.165) is 25.2 Å². The lowest BCUT2D eigenvalue weighted by Crippen LogP contribution is -2.26. The minimum Gasteiger partial charge on any atom is -0.370 e. The third-order valence-corrected chi connectivity index (χ3v) is 2.78. The molecule has 3 heteroatoms. The topological polar surface area (TPSA) is 42.1 Å². The Kier molecular flexibility index (Phi) is 2.42. The molecule has 0 bridgehead atoms. The lowest BCUT2D eigenvalue weighted by molar-refractivity contribution is 0.752. The summed E-state index contributed by atoms with van der Waals surface area (Å²) in [6, 6.07) is 2.48. The van der Waals surface area contributed by atoms with Crippen molar-refractivity contribution in [3.05, 3.63) is 23.5 Å². The van der Waals surface area contributed by atoms with Gasteiger partial charge in [-0.05, 0) is 31.9 Å². The summed E-state index contributed by atoms with van der Waals surface area (Å²) in [5.74, 6) is 0. The van der Waals surface area contributed by atoms with Gasteiger partial charge < -0.3 is 10.6 Å². The molecule has 1 aromatic rings. The summed E-state index contributed by atoms with van der Waals surface area (Å²) in [6.45, 7) is 6.18. The van der Waals surface area contributed by atoms with Crippen molar-refractivity contribution >= 4 is 5.69 Å². The van der Waals surface area contributed by atoms with Crippen molar-refractivity contribution in [1.82, 2.24) is 4.98 Å². The molecular weight excluding hydrogens is 174 g/mol. The first-order chi connectivity index (χ1) is 6.66. The highest BCUT2D eigenvalue weighted by Gasteiger charge is 2.20. The highest BCUT2D eigenvalue weighted by molar-refractivity contribution is 5.53. The van der Waals surface area contributed by atoms with E-state index in [4.69, 9.17) is 5.73 Å². The summed E-state index contributed by atoms with van der Waals surface area (Å²) >= 11 is 0. The van der Waals surface area contributed by atoms with Gasteiger partial charge in [-0.1, -0.05) is 0 Å². The van der Waals surface area contributed by atoms with Crippen LogP contribution in [0.4, 0.5) is 5.69 Å². The molecule has 0 spiro atoms. The molecule has 2 rings (SSSR count). The molecule has 1 unspecified atom stereocenters. The molecule has 0 radical (unpaired) electrons. The Morgan fingerprint density at radius 3 is 2.93 bits per heavy atom. The second-order valence-electron chi connectivity index (χ2n) is 4.11. The van der Waals surface area contributed by atoms with Gasteiger partial charge in [-0.15, -0.1) is 0 Å². The van der Waals surface area contributed by atoms with Crippen LogP contribution in [0.1, 0.15) is 17.7 Å². The molecule has 2 heterocycles. The predicted octanol–water partition coefficient (Wildman–Crippen LogP) is 1.24. The number of anilines is 1. The van der Waals surface area contributed by atoms with Crippen molar-refractivity contribution < 1.29 is 0 Å². The molecule has 1 aliphatic rings. The highest BCUT2D eigenvalue weighted by Crippen LogP contribution is 2.23. The third kappa shape index (κ3) is 1.73. The van der Waals surface area contributed by atoms with Gasteiger partial charge in [-0.3, -0.25) is 4.98 Å². The summed E-state index contributed by atoms with van der Waals surface area (Å²) in [6.07, 6.45) is 3.04. The number of hydrogen-bond acceptors (Lipinski definition) is 3. The van der Waals surface area contributed by atoms with Gasteiger partial charge in [0, 0.05) is 36.7 Å². The molecule has 1 atom stereocenters. The first-order valence-electron chi connectivity index (χ1n) is 5.10. The number of pyridine rings is 1. The second-order valence-corrected chi connectivity index (χ2v) is 4.11. The molecule has 1 aliphatic heterocycles. The van der Waals surface area contributed by atoms with Gasteiger partial charge >= 0.3 is 0 Å². The summed E-state index contributed by atoms with van der Waals surface area (Å²) in [5.41, 5.74) is 9.51. The van der Waals surface area contributed by atoms with Gasteiger partial charge in [0.15, 0.2) is 0 Å². The molecule has 0 amide bonds. The van der Waals surface area contributed by atoms with Crippen LogP contribution >= 0.6 is 0 Å². The zero-order valence-electron chi connectivity index (χ0n) is 8.83. The van der Waals surface area contributed by atoms with Crippen LogP contribution in [0.15, 0.2) is 12.3 Å². The van der Waals surface area contributed by atoms with Gasteiger partial charge in [0.1, 0.15) is 0 Å². The minimum absolute atomic E-state index is 0.336. The fourth-order valence-electron chi connectivity index (χ4n) is 1.96. The Bertz CT molecular complexity index is 335. The Morgan fingerprint density at radius 1 is 1.50 bits per heavy atom. The summed E-state index contributed by atoms with van der Waals surface area (Å²) in [7, 11) is 0. The van der Waals surface area contributed by atoms with Gasteiger partial charge in [0.05, 0.1) is 0 Å². The molecule has 1 saturated heterocycles. The van der Waals surface area contributed by atoms with Crippen molar-refractivity contribution in [3.63, 3.8) is 0 Å². The van der Waals surface area contributed by atoms with Crippen molar-refractivity contribution in [2.24, 2.45) is 5.73 Å². The van der Waals surface area contributed by atoms with Crippen LogP contribution in [0.25, 0.3) is 0 Å². The van der Waals surface area contributed by atoms with E-state index in [1.807, 2.05) is 13.1 Å². The molecule has 0 aromatic carbocycles. The van der Waals surface area contributed by atoms with Crippen molar-refractivity contribution in [2.45, 2.75) is 26.3 Å². The maximum atomic E-state index is 5.89. The van der Waals surface area contributed by atoms with Crippen LogP contribution in [-0.2, 0) is 0 Å². The van der Waals surface area contributed by atoms with E-state index in [0.29, 0.717) is 6.04 Å². The lowest BCUT2D eigenvalue weighted by atomic mass is 10.2. The molecule has 1 fully saturated rings. The average molecular weight is 191 g/mol. The molecule has 3 nitrogen and oxygen atoms in total. The first-order valence-corrected chi connectivity index (χ1v) is 5.10. The van der Waals surface area contributed by atoms with Gasteiger partial charge in [0.2, 0.25) is 0 Å². The van der Waals surface area contributed by atoms with Crippen LogP contribution in [0.5, 0.6) is 0 Å². The zero-order chi connectivity index (χ0) is 10.1. The lowest BCUT2D eigenvalue weighted by Gasteiger charge is -2.20. The van der Waals surface area contributed by atoms with E-state index in [2.05, 4.69) is 22.9 Å². The fraction of sp³-hybridized carbons (Fsp3) is 0.545. The SMILES string of the molecule is Cc1cc(N2CCC(N)C2)c(C)cn1. The molecular formula is C11H17N3. The van der Waals surface area contributed by atoms with E-state index >= 15 is 0 Å². The Morgan fingerprint density at radius 2 is 2.29 bits per heavy atom. The number of aryl methyl sites for hydroxylation is 2. The predicted molar refractivity (Wildman–Crippen MR) is 58.5 cm³/mol. The number of aromatic nitrogens is 1. The van der Waals surface area contributed by atoms with Crippen LogP contribution in [0.2, 0.25) is 0 Å². The maximum Gasteiger partial charge on any atom is 0.0430 e. The first kappa shape index (κ1) is 9.46. The Labute approximate surface area is 84.9 Å². The standard InChI is InChI=1S/C11H17N3/c1-8-6-13-9(2)5-11(8)14-4-3-10(12)7-14/h5-6,10H,3-4,7,12H2,1-2H3. The monoisotopic (exact) mass is 191 g/mol. The minimum atomic E-state index is 0.336. The number of nitrogens with two attached hydrogens (primary N) is 1. The normalized spacial score (nSPS) is 21.6. The average Bonchev–Trinajstić information content (AvgIpc) is 2.56. The second kappa shape index (κ2) is 3.58.